The molecule has 0 N–H and O–H groups in total. The Labute approximate surface area is 84.6 Å². The average molecular weight is 202 g/mol. The molecule has 0 radical (unpaired) electrons. The first kappa shape index (κ1) is 12.9. The van der Waals surface area contributed by atoms with Gasteiger partial charge in [-0.15, -0.1) is 0 Å². The van der Waals surface area contributed by atoms with Crippen molar-refractivity contribution in [1.82, 2.24) is 0 Å². The molecule has 2 fully saturated rings. The van der Waals surface area contributed by atoms with Gasteiger partial charge in [-0.3, -0.25) is 9.59 Å². The molecule has 14 heavy (non-hydrogen) atoms. The van der Waals surface area contributed by atoms with Crippen LogP contribution in [-0.4, -0.2) is 25.2 Å². The Kier molecular flexibility index (Phi) is 7.89. The van der Waals surface area contributed by atoms with E-state index in [1.807, 2.05) is 13.8 Å². The van der Waals surface area contributed by atoms with Gasteiger partial charge in [0.15, 0.2) is 0 Å². The molecule has 4 nitrogen and oxygen atoms in total. The summed E-state index contributed by atoms with van der Waals surface area (Å²) in [6.45, 7) is 5.28. The van der Waals surface area contributed by atoms with Gasteiger partial charge in [0.05, 0.1) is 13.2 Å². The van der Waals surface area contributed by atoms with Crippen LogP contribution in [0.25, 0.3) is 0 Å². The van der Waals surface area contributed by atoms with Crippen LogP contribution in [0.2, 0.25) is 0 Å². The van der Waals surface area contributed by atoms with Crippen LogP contribution in [-0.2, 0) is 19.1 Å². The maximum atomic E-state index is 10.0. The lowest BCUT2D eigenvalue weighted by Crippen LogP contribution is -1.88. The first-order valence-electron chi connectivity index (χ1n) is 5.10. The molecule has 0 aliphatic carbocycles. The second-order valence-electron chi connectivity index (χ2n) is 2.65. The summed E-state index contributed by atoms with van der Waals surface area (Å²) in [7, 11) is 0. The Bertz CT molecular complexity index is 141. The molecule has 0 atom stereocenters. The van der Waals surface area contributed by atoms with E-state index in [1.54, 1.807) is 0 Å². The molecule has 0 bridgehead atoms. The fraction of sp³-hybridized carbons (Fsp3) is 0.800. The van der Waals surface area contributed by atoms with Gasteiger partial charge in [0.2, 0.25) is 0 Å². The van der Waals surface area contributed by atoms with Crippen LogP contribution < -0.4 is 0 Å². The third kappa shape index (κ3) is 6.46. The Hall–Kier alpha value is -1.06. The molecule has 0 aromatic heterocycles. The molecule has 0 aromatic rings. The number of hydrogen-bond acceptors (Lipinski definition) is 4. The number of rotatable bonds is 0. The maximum Gasteiger partial charge on any atom is 0.305 e. The zero-order valence-electron chi connectivity index (χ0n) is 8.88. The molecule has 0 aromatic carbocycles. The minimum atomic E-state index is -0.0463. The van der Waals surface area contributed by atoms with Crippen LogP contribution in [0.3, 0.4) is 0 Å². The monoisotopic (exact) mass is 202 g/mol. The van der Waals surface area contributed by atoms with Crippen LogP contribution in [0.15, 0.2) is 0 Å². The van der Waals surface area contributed by atoms with Crippen molar-refractivity contribution in [3.8, 4) is 0 Å². The highest BCUT2D eigenvalue weighted by atomic mass is 16.5. The molecule has 2 aliphatic rings. The van der Waals surface area contributed by atoms with Crippen molar-refractivity contribution in [2.45, 2.75) is 39.5 Å². The summed E-state index contributed by atoms with van der Waals surface area (Å²) in [5.74, 6) is -0.0926. The van der Waals surface area contributed by atoms with E-state index in [0.717, 1.165) is 12.8 Å². The number of esters is 2. The predicted octanol–water partition coefficient (Wildman–Crippen LogP) is 1.67. The van der Waals surface area contributed by atoms with Gasteiger partial charge >= 0.3 is 11.9 Å². The number of carbonyl (C=O) groups excluding carboxylic acids is 2. The highest BCUT2D eigenvalue weighted by Gasteiger charge is 2.08. The van der Waals surface area contributed by atoms with Gasteiger partial charge in [0.1, 0.15) is 0 Å². The van der Waals surface area contributed by atoms with Gasteiger partial charge in [-0.05, 0) is 12.8 Å². The van der Waals surface area contributed by atoms with Crippen LogP contribution in [0, 0.1) is 0 Å². The molecular formula is C10H18O4. The SMILES string of the molecule is CC.O=C1CCCO1.O=C1CCCO1. The van der Waals surface area contributed by atoms with E-state index in [4.69, 9.17) is 0 Å². The summed E-state index contributed by atoms with van der Waals surface area (Å²) in [6.07, 6.45) is 3.08. The molecule has 4 heteroatoms. The quantitative estimate of drug-likeness (QED) is 0.561. The van der Waals surface area contributed by atoms with Crippen LogP contribution in [0.5, 0.6) is 0 Å². The van der Waals surface area contributed by atoms with Gasteiger partial charge in [0.25, 0.3) is 0 Å². The molecule has 82 valence electrons. The Morgan fingerprint density at radius 2 is 1.21 bits per heavy atom. The van der Waals surface area contributed by atoms with Gasteiger partial charge in [-0.1, -0.05) is 13.8 Å². The summed E-state index contributed by atoms with van der Waals surface area (Å²) in [6, 6.07) is 0. The van der Waals surface area contributed by atoms with Crippen LogP contribution >= 0.6 is 0 Å². The lowest BCUT2D eigenvalue weighted by molar-refractivity contribution is -0.138. The summed E-state index contributed by atoms with van der Waals surface area (Å²) in [5.41, 5.74) is 0. The standard InChI is InChI=1S/2C4H6O2.C2H6/c2*5-4-2-1-3-6-4;1-2/h2*1-3H2;1-2H3. The van der Waals surface area contributed by atoms with Crippen molar-refractivity contribution in [2.24, 2.45) is 0 Å². The lowest BCUT2D eigenvalue weighted by atomic mass is 10.4. The van der Waals surface area contributed by atoms with Crippen molar-refractivity contribution in [1.29, 1.82) is 0 Å². The van der Waals surface area contributed by atoms with E-state index in [0.29, 0.717) is 26.1 Å². The molecule has 0 saturated carbocycles. The number of carbonyl (C=O) groups is 2. The zero-order chi connectivity index (χ0) is 10.8. The van der Waals surface area contributed by atoms with Crippen LogP contribution in [0.4, 0.5) is 0 Å². The molecule has 2 heterocycles. The maximum absolute atomic E-state index is 10.0. The van der Waals surface area contributed by atoms with Crippen molar-refractivity contribution in [3.05, 3.63) is 0 Å². The molecule has 2 rings (SSSR count). The molecule has 2 aliphatic heterocycles. The third-order valence-electron chi connectivity index (χ3n) is 1.58. The Morgan fingerprint density at radius 3 is 1.29 bits per heavy atom. The minimum absolute atomic E-state index is 0.0463. The molecule has 0 unspecified atom stereocenters. The van der Waals surface area contributed by atoms with Crippen molar-refractivity contribution in [2.75, 3.05) is 13.2 Å². The van der Waals surface area contributed by atoms with E-state index in [9.17, 15) is 9.59 Å². The Balaban J connectivity index is 0.000000206. The average Bonchev–Trinajstić information content (AvgIpc) is 2.83. The fourth-order valence-electron chi connectivity index (χ4n) is 0.949. The summed E-state index contributed by atoms with van der Waals surface area (Å²) in [5, 5.41) is 0. The van der Waals surface area contributed by atoms with E-state index in [1.165, 1.54) is 0 Å². The Morgan fingerprint density at radius 1 is 0.857 bits per heavy atom. The van der Waals surface area contributed by atoms with E-state index in [2.05, 4.69) is 9.47 Å². The largest absolute Gasteiger partial charge is 0.466 e. The smallest absolute Gasteiger partial charge is 0.305 e. The lowest BCUT2D eigenvalue weighted by Gasteiger charge is -1.81. The van der Waals surface area contributed by atoms with E-state index >= 15 is 0 Å². The van der Waals surface area contributed by atoms with Crippen molar-refractivity contribution >= 4 is 11.9 Å². The summed E-state index contributed by atoms with van der Waals surface area (Å²) >= 11 is 0. The van der Waals surface area contributed by atoms with Crippen LogP contribution in [0.1, 0.15) is 39.5 Å². The molecule has 2 saturated heterocycles. The number of cyclic esters (lactones) is 2. The number of ether oxygens (including phenoxy) is 2. The molecular weight excluding hydrogens is 184 g/mol. The van der Waals surface area contributed by atoms with Gasteiger partial charge in [-0.25, -0.2) is 0 Å². The second-order valence-corrected chi connectivity index (χ2v) is 2.65. The third-order valence-corrected chi connectivity index (χ3v) is 1.58. The molecule has 0 amide bonds. The highest BCUT2D eigenvalue weighted by Crippen LogP contribution is 2.01. The summed E-state index contributed by atoms with van der Waals surface area (Å²) < 4.78 is 9.03. The highest BCUT2D eigenvalue weighted by molar-refractivity contribution is 5.71. The summed E-state index contributed by atoms with van der Waals surface area (Å²) in [4.78, 5) is 20.0. The van der Waals surface area contributed by atoms with Gasteiger partial charge in [0, 0.05) is 12.8 Å². The fourth-order valence-corrected chi connectivity index (χ4v) is 0.949. The van der Waals surface area contributed by atoms with E-state index in [-0.39, 0.29) is 11.9 Å². The predicted molar refractivity (Wildman–Crippen MR) is 51.7 cm³/mol. The zero-order valence-corrected chi connectivity index (χ0v) is 8.88. The number of hydrogen-bond donors (Lipinski definition) is 0. The van der Waals surface area contributed by atoms with E-state index < -0.39 is 0 Å². The molecule has 0 spiro atoms. The first-order chi connectivity index (χ1) is 6.79. The van der Waals surface area contributed by atoms with Crippen molar-refractivity contribution in [3.63, 3.8) is 0 Å². The second kappa shape index (κ2) is 8.53. The first-order valence-corrected chi connectivity index (χ1v) is 5.10. The van der Waals surface area contributed by atoms with Gasteiger partial charge < -0.3 is 9.47 Å². The van der Waals surface area contributed by atoms with Gasteiger partial charge in [-0.2, -0.15) is 0 Å². The normalized spacial score (nSPS) is 18.4. The minimum Gasteiger partial charge on any atom is -0.466 e. The van der Waals surface area contributed by atoms with Crippen molar-refractivity contribution < 1.29 is 19.1 Å². The topological polar surface area (TPSA) is 52.6 Å².